The molecular formula is C25H49IO4Si2. The number of fused-ring (bicyclic) bond motifs is 1. The largest absolute Gasteiger partial charge is 0.417 e. The Kier molecular flexibility index (Phi) is 11.4. The van der Waals surface area contributed by atoms with Gasteiger partial charge >= 0.3 is 0 Å². The standard InChI is InChI=1S/C25H49IO4Si2/c1-9-32(10-2,11-3)27-19-17-20-12-13-22-21(28-20)14-15-23(29-22)24(16-18-26)30-31(7,8)25(4,5)6/h16,18,20-24H,9-15,17,19H2,1-8H3/b18-16+/t20-,21-,22+,23-,24+/m1/s1. The predicted octanol–water partition coefficient (Wildman–Crippen LogP) is 7.83. The number of rotatable bonds is 11. The minimum absolute atomic E-state index is 0.0371. The second kappa shape index (κ2) is 12.6. The Morgan fingerprint density at radius 3 is 2.12 bits per heavy atom. The van der Waals surface area contributed by atoms with E-state index in [0.29, 0.717) is 6.10 Å². The van der Waals surface area contributed by atoms with Crippen LogP contribution in [-0.4, -0.2) is 53.8 Å². The Hall–Kier alpha value is 0.744. The first kappa shape index (κ1) is 29.0. The van der Waals surface area contributed by atoms with Crippen LogP contribution in [0, 0.1) is 0 Å². The van der Waals surface area contributed by atoms with E-state index in [1.54, 1.807) is 0 Å². The van der Waals surface area contributed by atoms with Crippen LogP contribution in [0.4, 0.5) is 0 Å². The van der Waals surface area contributed by atoms with Gasteiger partial charge in [0.2, 0.25) is 0 Å². The van der Waals surface area contributed by atoms with Crippen molar-refractivity contribution in [3.05, 3.63) is 10.2 Å². The van der Waals surface area contributed by atoms with Crippen LogP contribution in [0.5, 0.6) is 0 Å². The van der Waals surface area contributed by atoms with Crippen LogP contribution in [0.2, 0.25) is 36.3 Å². The molecule has 0 amide bonds. The van der Waals surface area contributed by atoms with Crippen LogP contribution in [0.1, 0.15) is 73.6 Å². The van der Waals surface area contributed by atoms with Gasteiger partial charge in [0, 0.05) is 6.61 Å². The van der Waals surface area contributed by atoms with E-state index in [2.05, 4.69) is 87.4 Å². The lowest BCUT2D eigenvalue weighted by Crippen LogP contribution is -2.52. The van der Waals surface area contributed by atoms with Gasteiger partial charge in [-0.2, -0.15) is 0 Å². The van der Waals surface area contributed by atoms with Crippen molar-refractivity contribution >= 4 is 39.2 Å². The van der Waals surface area contributed by atoms with E-state index >= 15 is 0 Å². The molecule has 0 bridgehead atoms. The Bertz CT molecular complexity index is 581. The van der Waals surface area contributed by atoms with Crippen LogP contribution in [0.25, 0.3) is 0 Å². The Morgan fingerprint density at radius 1 is 0.969 bits per heavy atom. The molecule has 188 valence electrons. The summed E-state index contributed by atoms with van der Waals surface area (Å²) < 4.78 is 28.5. The fourth-order valence-electron chi connectivity index (χ4n) is 4.71. The Labute approximate surface area is 214 Å². The molecule has 0 unspecified atom stereocenters. The molecule has 4 nitrogen and oxygen atoms in total. The number of hydrogen-bond acceptors (Lipinski definition) is 4. The van der Waals surface area contributed by atoms with Gasteiger partial charge in [0.05, 0.1) is 30.5 Å². The second-order valence-electron chi connectivity index (χ2n) is 11.2. The molecule has 2 fully saturated rings. The Morgan fingerprint density at radius 2 is 1.56 bits per heavy atom. The fourth-order valence-corrected chi connectivity index (χ4v) is 9.05. The van der Waals surface area contributed by atoms with Crippen molar-refractivity contribution in [3.8, 4) is 0 Å². The lowest BCUT2D eigenvalue weighted by atomic mass is 9.91. The smallest absolute Gasteiger partial charge is 0.193 e. The third-order valence-electron chi connectivity index (χ3n) is 8.29. The molecular weight excluding hydrogens is 547 g/mol. The minimum atomic E-state index is -1.86. The molecule has 32 heavy (non-hydrogen) atoms. The van der Waals surface area contributed by atoms with Crippen LogP contribution < -0.4 is 0 Å². The topological polar surface area (TPSA) is 36.9 Å². The fraction of sp³-hybridized carbons (Fsp3) is 0.920. The molecule has 0 saturated carbocycles. The summed E-state index contributed by atoms with van der Waals surface area (Å²) in [6.45, 7) is 19.3. The van der Waals surface area contributed by atoms with Crippen molar-refractivity contribution < 1.29 is 18.3 Å². The normalized spacial score (nSPS) is 28.7. The average Bonchev–Trinajstić information content (AvgIpc) is 2.75. The Balaban J connectivity index is 1.88. The highest BCUT2D eigenvalue weighted by molar-refractivity contribution is 14.1. The number of halogens is 1. The third kappa shape index (κ3) is 7.62. The van der Waals surface area contributed by atoms with Crippen molar-refractivity contribution in [2.45, 2.75) is 140 Å². The van der Waals surface area contributed by atoms with Gasteiger partial charge in [0.25, 0.3) is 0 Å². The van der Waals surface area contributed by atoms with Gasteiger partial charge < -0.3 is 18.3 Å². The zero-order valence-electron chi connectivity index (χ0n) is 21.9. The van der Waals surface area contributed by atoms with Crippen molar-refractivity contribution in [1.82, 2.24) is 0 Å². The predicted molar refractivity (Wildman–Crippen MR) is 149 cm³/mol. The highest BCUT2D eigenvalue weighted by Crippen LogP contribution is 2.40. The van der Waals surface area contributed by atoms with Gasteiger partial charge in [0.15, 0.2) is 16.6 Å². The third-order valence-corrected chi connectivity index (χ3v) is 17.9. The summed E-state index contributed by atoms with van der Waals surface area (Å²) >= 11 is 2.30. The highest BCUT2D eigenvalue weighted by Gasteiger charge is 2.44. The van der Waals surface area contributed by atoms with Gasteiger partial charge in [-0.05, 0) is 78.5 Å². The summed E-state index contributed by atoms with van der Waals surface area (Å²) in [6, 6.07) is 3.65. The maximum Gasteiger partial charge on any atom is 0.193 e. The van der Waals surface area contributed by atoms with Crippen molar-refractivity contribution in [2.75, 3.05) is 6.61 Å². The van der Waals surface area contributed by atoms with Gasteiger partial charge in [0.1, 0.15) is 0 Å². The maximum atomic E-state index is 6.77. The molecule has 0 N–H and O–H groups in total. The van der Waals surface area contributed by atoms with Crippen molar-refractivity contribution in [2.24, 2.45) is 0 Å². The summed E-state index contributed by atoms with van der Waals surface area (Å²) in [6.07, 6.45) is 8.37. The maximum absolute atomic E-state index is 6.77. The first-order valence-electron chi connectivity index (χ1n) is 12.9. The van der Waals surface area contributed by atoms with E-state index in [0.717, 1.165) is 38.7 Å². The molecule has 0 radical (unpaired) electrons. The molecule has 2 aliphatic rings. The zero-order valence-corrected chi connectivity index (χ0v) is 26.1. The van der Waals surface area contributed by atoms with E-state index in [9.17, 15) is 0 Å². The quantitative estimate of drug-likeness (QED) is 0.180. The van der Waals surface area contributed by atoms with Gasteiger partial charge in [-0.1, -0.05) is 64.1 Å². The van der Waals surface area contributed by atoms with Crippen LogP contribution >= 0.6 is 22.6 Å². The molecule has 0 spiro atoms. The molecule has 0 aromatic rings. The highest BCUT2D eigenvalue weighted by atomic mass is 127. The van der Waals surface area contributed by atoms with Crippen LogP contribution in [-0.2, 0) is 18.3 Å². The summed E-state index contributed by atoms with van der Waals surface area (Å²) in [7, 11) is -3.36. The van der Waals surface area contributed by atoms with Crippen LogP contribution in [0.3, 0.4) is 0 Å². The van der Waals surface area contributed by atoms with Gasteiger partial charge in [-0.25, -0.2) is 0 Å². The average molecular weight is 597 g/mol. The SMILES string of the molecule is CC[Si](CC)(CC)OCC[C@H]1CC[C@@H]2O[C@@H]([C@H](/C=C/I)O[Si](C)(C)C(C)(C)C)CC[C@H]2O1. The van der Waals surface area contributed by atoms with Crippen molar-refractivity contribution in [3.63, 3.8) is 0 Å². The van der Waals surface area contributed by atoms with E-state index in [-0.39, 0.29) is 29.5 Å². The minimum Gasteiger partial charge on any atom is -0.417 e. The summed E-state index contributed by atoms with van der Waals surface area (Å²) in [5.74, 6) is 0. The van der Waals surface area contributed by atoms with E-state index in [1.165, 1.54) is 18.1 Å². The van der Waals surface area contributed by atoms with Gasteiger partial charge in [-0.3, -0.25) is 0 Å². The van der Waals surface area contributed by atoms with Crippen LogP contribution in [0.15, 0.2) is 10.2 Å². The molecule has 0 aromatic heterocycles. The first-order valence-corrected chi connectivity index (χ1v) is 19.6. The second-order valence-corrected chi connectivity index (χ2v) is 21.5. The summed E-state index contributed by atoms with van der Waals surface area (Å²) in [4.78, 5) is 0. The molecule has 2 rings (SSSR count). The first-order chi connectivity index (χ1) is 15.0. The summed E-state index contributed by atoms with van der Waals surface area (Å²) in [5, 5.41) is 0.193. The molecule has 2 aliphatic heterocycles. The van der Waals surface area contributed by atoms with E-state index in [4.69, 9.17) is 18.3 Å². The molecule has 5 atom stereocenters. The zero-order chi connectivity index (χ0) is 24.0. The van der Waals surface area contributed by atoms with E-state index in [1.807, 2.05) is 0 Å². The molecule has 0 aromatic carbocycles. The van der Waals surface area contributed by atoms with E-state index < -0.39 is 16.6 Å². The lowest BCUT2D eigenvalue weighted by Gasteiger charge is -2.46. The lowest BCUT2D eigenvalue weighted by molar-refractivity contribution is -0.200. The van der Waals surface area contributed by atoms with Crippen molar-refractivity contribution in [1.29, 1.82) is 0 Å². The summed E-state index contributed by atoms with van der Waals surface area (Å²) in [5.41, 5.74) is 0. The molecule has 2 saturated heterocycles. The molecule has 0 aliphatic carbocycles. The molecule has 7 heteroatoms. The monoisotopic (exact) mass is 596 g/mol. The van der Waals surface area contributed by atoms with Gasteiger partial charge in [-0.15, -0.1) is 0 Å². The molecule has 2 heterocycles. The number of hydrogen-bond donors (Lipinski definition) is 0. The number of ether oxygens (including phenoxy) is 2.